The van der Waals surface area contributed by atoms with Crippen molar-refractivity contribution in [3.8, 4) is 5.75 Å². The van der Waals surface area contributed by atoms with E-state index in [-0.39, 0.29) is 12.1 Å². The Morgan fingerprint density at radius 3 is 2.50 bits per heavy atom. The number of hydrogen-bond donors (Lipinski definition) is 2. The molecule has 0 spiro atoms. The summed E-state index contributed by atoms with van der Waals surface area (Å²) in [4.78, 5) is 22.1. The topological polar surface area (TPSA) is 80.5 Å². The van der Waals surface area contributed by atoms with Crippen LogP contribution in [0.2, 0.25) is 0 Å². The summed E-state index contributed by atoms with van der Waals surface area (Å²) >= 11 is 0. The van der Waals surface area contributed by atoms with Crippen LogP contribution in [-0.4, -0.2) is 28.5 Å². The number of aromatic nitrogens is 2. The maximum Gasteiger partial charge on any atom is 0.257 e. The molecule has 0 saturated heterocycles. The van der Waals surface area contributed by atoms with Crippen molar-refractivity contribution in [2.24, 2.45) is 4.99 Å². The lowest BCUT2D eigenvalue weighted by atomic mass is 10.1. The zero-order valence-electron chi connectivity index (χ0n) is 16.2. The van der Waals surface area contributed by atoms with Crippen LogP contribution in [0.3, 0.4) is 0 Å². The normalized spacial score (nSPS) is 15.1. The highest BCUT2D eigenvalue weighted by Crippen LogP contribution is 2.33. The summed E-state index contributed by atoms with van der Waals surface area (Å²) in [6.07, 6.45) is -0.384. The fourth-order valence-corrected chi connectivity index (χ4v) is 3.53. The third-order valence-electron chi connectivity index (χ3n) is 5.00. The average molecular weight is 397 g/mol. The summed E-state index contributed by atoms with van der Waals surface area (Å²) in [5.74, 6) is 1.51. The Balaban J connectivity index is 1.56. The van der Waals surface area contributed by atoms with E-state index in [1.807, 2.05) is 71.3 Å². The second-order valence-corrected chi connectivity index (χ2v) is 6.86. The van der Waals surface area contributed by atoms with Crippen LogP contribution in [0.4, 0.5) is 5.95 Å². The van der Waals surface area contributed by atoms with Gasteiger partial charge in [0.2, 0.25) is 11.9 Å². The number of carbonyl (C=O) groups is 1. The van der Waals surface area contributed by atoms with Crippen LogP contribution in [0.15, 0.2) is 83.9 Å². The van der Waals surface area contributed by atoms with Crippen LogP contribution < -0.4 is 15.4 Å². The van der Waals surface area contributed by atoms with Gasteiger partial charge in [-0.05, 0) is 42.0 Å². The lowest BCUT2D eigenvalue weighted by Crippen LogP contribution is -2.40. The van der Waals surface area contributed by atoms with Crippen LogP contribution in [0, 0.1) is 0 Å². The molecule has 1 aromatic heterocycles. The summed E-state index contributed by atoms with van der Waals surface area (Å²) in [7, 11) is 1.64. The molecule has 0 radical (unpaired) electrons. The fraction of sp³-hybridized carbons (Fsp3) is 0.0870. The molecule has 2 N–H and O–H groups in total. The number of anilines is 1. The van der Waals surface area contributed by atoms with Gasteiger partial charge >= 0.3 is 0 Å². The molecular weight excluding hydrogens is 378 g/mol. The predicted octanol–water partition coefficient (Wildman–Crippen LogP) is 3.80. The van der Waals surface area contributed by atoms with E-state index in [1.165, 1.54) is 0 Å². The molecule has 0 fully saturated rings. The van der Waals surface area contributed by atoms with Crippen LogP contribution >= 0.6 is 0 Å². The molecule has 1 atom stereocenters. The van der Waals surface area contributed by atoms with Gasteiger partial charge in [0.25, 0.3) is 5.91 Å². The number of amides is 1. The molecule has 1 unspecified atom stereocenters. The monoisotopic (exact) mass is 397 g/mol. The van der Waals surface area contributed by atoms with Crippen molar-refractivity contribution in [3.63, 3.8) is 0 Å². The van der Waals surface area contributed by atoms with Gasteiger partial charge in [0.05, 0.1) is 18.1 Å². The number of hydrogen-bond acceptors (Lipinski definition) is 5. The maximum atomic E-state index is 12.6. The first-order chi connectivity index (χ1) is 14.7. The van der Waals surface area contributed by atoms with Gasteiger partial charge in [-0.15, -0.1) is 0 Å². The number of para-hydroxylation sites is 2. The summed E-state index contributed by atoms with van der Waals surface area (Å²) in [6.45, 7) is 0. The Kier molecular flexibility index (Phi) is 4.40. The van der Waals surface area contributed by atoms with Gasteiger partial charge in [-0.3, -0.25) is 20.0 Å². The highest BCUT2D eigenvalue weighted by molar-refractivity contribution is 6.10. The van der Waals surface area contributed by atoms with E-state index in [0.29, 0.717) is 17.5 Å². The van der Waals surface area contributed by atoms with Gasteiger partial charge in [0.15, 0.2) is 6.17 Å². The molecule has 3 aromatic carbocycles. The molecule has 2 heterocycles. The number of fused-ring (bicyclic) bond motifs is 3. The van der Waals surface area contributed by atoms with Crippen molar-refractivity contribution in [1.82, 2.24) is 14.9 Å². The number of aliphatic imine (C=N–C) groups is 1. The fourth-order valence-electron chi connectivity index (χ4n) is 3.53. The third kappa shape index (κ3) is 3.16. The van der Waals surface area contributed by atoms with Gasteiger partial charge in [-0.2, -0.15) is 0 Å². The molecule has 0 aliphatic carbocycles. The Labute approximate surface area is 173 Å². The molecular formula is C23H19N5O2. The highest BCUT2D eigenvalue weighted by atomic mass is 16.5. The minimum Gasteiger partial charge on any atom is -0.497 e. The van der Waals surface area contributed by atoms with Crippen LogP contribution in [-0.2, 0) is 0 Å². The van der Waals surface area contributed by atoms with E-state index in [9.17, 15) is 4.79 Å². The highest BCUT2D eigenvalue weighted by Gasteiger charge is 2.26. The molecule has 4 aromatic rings. The quantitative estimate of drug-likeness (QED) is 0.551. The molecule has 0 bridgehead atoms. The van der Waals surface area contributed by atoms with Crippen LogP contribution in [0.1, 0.15) is 22.1 Å². The number of rotatable bonds is 3. The first-order valence-corrected chi connectivity index (χ1v) is 9.55. The molecule has 1 aliphatic rings. The lowest BCUT2D eigenvalue weighted by molar-refractivity contribution is 0.0976. The number of nitrogens with one attached hydrogen (secondary N) is 2. The Morgan fingerprint density at radius 1 is 1.00 bits per heavy atom. The first-order valence-electron chi connectivity index (χ1n) is 9.55. The van der Waals surface area contributed by atoms with Crippen molar-refractivity contribution in [3.05, 3.63) is 90.0 Å². The van der Waals surface area contributed by atoms with E-state index in [4.69, 9.17) is 9.73 Å². The average Bonchev–Trinajstić information content (AvgIpc) is 3.17. The molecule has 0 saturated carbocycles. The second kappa shape index (κ2) is 7.36. The molecule has 7 nitrogen and oxygen atoms in total. The summed E-state index contributed by atoms with van der Waals surface area (Å²) in [6, 6.07) is 24.6. The van der Waals surface area contributed by atoms with Crippen LogP contribution in [0.5, 0.6) is 5.75 Å². The number of imidazole rings is 1. The SMILES string of the molecule is COc1ccc(C2N=C(NC(=O)c3ccccc3)Nc3nc4ccccc4n32)cc1. The number of nitrogens with zero attached hydrogens (tertiary/aromatic N) is 3. The minimum atomic E-state index is -0.384. The van der Waals surface area contributed by atoms with E-state index in [0.717, 1.165) is 22.3 Å². The Morgan fingerprint density at radius 2 is 1.73 bits per heavy atom. The number of benzene rings is 3. The van der Waals surface area contributed by atoms with Crippen LogP contribution in [0.25, 0.3) is 11.0 Å². The first kappa shape index (κ1) is 17.9. The summed E-state index contributed by atoms with van der Waals surface area (Å²) in [5, 5.41) is 6.02. The number of ether oxygens (including phenoxy) is 1. The van der Waals surface area contributed by atoms with Gasteiger partial charge in [-0.25, -0.2) is 9.98 Å². The Hall–Kier alpha value is -4.13. The van der Waals surface area contributed by atoms with E-state index in [2.05, 4.69) is 15.6 Å². The number of carbonyl (C=O) groups excluding carboxylic acids is 1. The maximum absolute atomic E-state index is 12.6. The lowest BCUT2D eigenvalue weighted by Gasteiger charge is -2.25. The molecule has 7 heteroatoms. The zero-order valence-corrected chi connectivity index (χ0v) is 16.2. The third-order valence-corrected chi connectivity index (χ3v) is 5.00. The van der Waals surface area contributed by atoms with E-state index in [1.54, 1.807) is 19.2 Å². The van der Waals surface area contributed by atoms with Gasteiger partial charge in [0, 0.05) is 5.56 Å². The number of methoxy groups -OCH3 is 1. The van der Waals surface area contributed by atoms with Crippen molar-refractivity contribution in [2.45, 2.75) is 6.17 Å². The number of guanidine groups is 1. The minimum absolute atomic E-state index is 0.236. The summed E-state index contributed by atoms with van der Waals surface area (Å²) in [5.41, 5.74) is 3.32. The van der Waals surface area contributed by atoms with Crippen molar-refractivity contribution < 1.29 is 9.53 Å². The van der Waals surface area contributed by atoms with Gasteiger partial charge in [0.1, 0.15) is 5.75 Å². The van der Waals surface area contributed by atoms with Crippen molar-refractivity contribution >= 4 is 28.8 Å². The van der Waals surface area contributed by atoms with Crippen molar-refractivity contribution in [2.75, 3.05) is 12.4 Å². The van der Waals surface area contributed by atoms with E-state index >= 15 is 0 Å². The Bertz CT molecular complexity index is 1250. The van der Waals surface area contributed by atoms with Crippen molar-refractivity contribution in [1.29, 1.82) is 0 Å². The van der Waals surface area contributed by atoms with E-state index < -0.39 is 0 Å². The largest absolute Gasteiger partial charge is 0.497 e. The summed E-state index contributed by atoms with van der Waals surface area (Å²) < 4.78 is 7.30. The molecule has 5 rings (SSSR count). The standard InChI is InChI=1S/C23H19N5O2/c1-30-17-13-11-15(12-14-17)20-25-22(26-21(29)16-7-3-2-4-8-16)27-23-24-18-9-5-6-10-19(18)28(20)23/h2-14,20H,1H3,(H2,24,25,26,27,29). The van der Waals surface area contributed by atoms with Gasteiger partial charge < -0.3 is 4.74 Å². The smallest absolute Gasteiger partial charge is 0.257 e. The zero-order chi connectivity index (χ0) is 20.5. The molecule has 1 amide bonds. The molecule has 30 heavy (non-hydrogen) atoms. The predicted molar refractivity (Wildman–Crippen MR) is 116 cm³/mol. The molecule has 148 valence electrons. The molecule has 1 aliphatic heterocycles. The van der Waals surface area contributed by atoms with Gasteiger partial charge in [-0.1, -0.05) is 42.5 Å². The second-order valence-electron chi connectivity index (χ2n) is 6.86.